The Morgan fingerprint density at radius 1 is 0.403 bits per heavy atom. The molecule has 8 aromatic carbocycles. The highest BCUT2D eigenvalue weighted by Crippen LogP contribution is 2.38. The summed E-state index contributed by atoms with van der Waals surface area (Å²) in [5.41, 5.74) is 16.3. The lowest BCUT2D eigenvalue weighted by Gasteiger charge is -2.22. The van der Waals surface area contributed by atoms with E-state index in [4.69, 9.17) is 0 Å². The molecule has 0 radical (unpaired) electrons. The molecule has 0 N–H and O–H groups in total. The zero-order chi connectivity index (χ0) is 41.0. The van der Waals surface area contributed by atoms with Crippen molar-refractivity contribution < 1.29 is 0 Å². The Morgan fingerprint density at radius 2 is 0.968 bits per heavy atom. The smallest absolute Gasteiger partial charge is 0.0541 e. The van der Waals surface area contributed by atoms with Crippen LogP contribution >= 0.6 is 0 Å². The van der Waals surface area contributed by atoms with Crippen LogP contribution < -0.4 is 10.6 Å². The maximum Gasteiger partial charge on any atom is 0.0541 e. The molecule has 12 rings (SSSR count). The first-order valence-electron chi connectivity index (χ1n) is 21.9. The summed E-state index contributed by atoms with van der Waals surface area (Å²) in [6, 6.07) is 73.3. The molecule has 2 aliphatic carbocycles. The number of benzene rings is 8. The first-order valence-corrected chi connectivity index (χ1v) is 21.9. The van der Waals surface area contributed by atoms with Crippen molar-refractivity contribution in [3.05, 3.63) is 240 Å². The van der Waals surface area contributed by atoms with Gasteiger partial charge >= 0.3 is 0 Å². The summed E-state index contributed by atoms with van der Waals surface area (Å²) in [6.45, 7) is 0. The van der Waals surface area contributed by atoms with Crippen LogP contribution in [0.4, 0.5) is 0 Å². The number of aromatic nitrogens is 2. The van der Waals surface area contributed by atoms with Gasteiger partial charge in [-0.05, 0) is 99.8 Å². The molecule has 10 aromatic rings. The molecule has 0 saturated heterocycles. The van der Waals surface area contributed by atoms with Crippen molar-refractivity contribution in [3.8, 4) is 39.1 Å². The van der Waals surface area contributed by atoms with Gasteiger partial charge in [0, 0.05) is 49.9 Å². The van der Waals surface area contributed by atoms with Gasteiger partial charge in [-0.1, -0.05) is 188 Å². The SMILES string of the molecule is C1=CC(c2ccc(-c3ccccc3)cc2)CC(n2c3c(c4ccccc42)=CC(c2ccc4c(c2)c2ccccc2n4-c2cccc(-c4ccc(-c5ccccc5)cc4)c2)CC=3)=C1. The fourth-order valence-corrected chi connectivity index (χ4v) is 10.1. The summed E-state index contributed by atoms with van der Waals surface area (Å²) in [6.07, 6.45) is 13.9. The lowest BCUT2D eigenvalue weighted by Crippen LogP contribution is -2.32. The van der Waals surface area contributed by atoms with E-state index in [-0.39, 0.29) is 5.92 Å². The van der Waals surface area contributed by atoms with Gasteiger partial charge < -0.3 is 9.13 Å². The van der Waals surface area contributed by atoms with E-state index in [0.29, 0.717) is 5.92 Å². The molecule has 0 aliphatic heterocycles. The van der Waals surface area contributed by atoms with Gasteiger partial charge in [-0.2, -0.15) is 0 Å². The maximum absolute atomic E-state index is 2.54. The second kappa shape index (κ2) is 15.1. The minimum absolute atomic E-state index is 0.270. The Morgan fingerprint density at radius 3 is 1.69 bits per heavy atom. The molecule has 2 atom stereocenters. The van der Waals surface area contributed by atoms with Crippen LogP contribution in [0.2, 0.25) is 0 Å². The van der Waals surface area contributed by atoms with Crippen molar-refractivity contribution in [1.29, 1.82) is 0 Å². The summed E-state index contributed by atoms with van der Waals surface area (Å²) in [5.74, 6) is 0.589. The van der Waals surface area contributed by atoms with Gasteiger partial charge in [-0.25, -0.2) is 0 Å². The van der Waals surface area contributed by atoms with E-state index in [1.807, 2.05) is 0 Å². The molecule has 2 unspecified atom stereocenters. The Hall–Kier alpha value is -7.68. The molecule has 2 nitrogen and oxygen atoms in total. The summed E-state index contributed by atoms with van der Waals surface area (Å²) in [4.78, 5) is 0. The Balaban J connectivity index is 0.881. The monoisotopic (exact) mass is 792 g/mol. The summed E-state index contributed by atoms with van der Waals surface area (Å²) < 4.78 is 4.98. The van der Waals surface area contributed by atoms with Crippen molar-refractivity contribution >= 4 is 50.6 Å². The predicted octanol–water partition coefficient (Wildman–Crippen LogP) is 14.1. The molecule has 2 aromatic heterocycles. The Kier molecular flexibility index (Phi) is 8.81. The number of hydrogen-bond acceptors (Lipinski definition) is 0. The highest BCUT2D eigenvalue weighted by Gasteiger charge is 2.22. The van der Waals surface area contributed by atoms with E-state index in [0.717, 1.165) is 12.8 Å². The van der Waals surface area contributed by atoms with Crippen LogP contribution in [-0.2, 0) is 0 Å². The van der Waals surface area contributed by atoms with Crippen LogP contribution in [0, 0.1) is 0 Å². The second-order valence-corrected chi connectivity index (χ2v) is 16.8. The number of nitrogens with zero attached hydrogens (tertiary/aromatic N) is 2. The number of allylic oxidation sites excluding steroid dienone is 4. The number of rotatable bonds is 7. The van der Waals surface area contributed by atoms with Crippen LogP contribution in [0.25, 0.3) is 89.6 Å². The Labute approximate surface area is 362 Å². The van der Waals surface area contributed by atoms with Crippen LogP contribution in [0.1, 0.15) is 35.8 Å². The van der Waals surface area contributed by atoms with Gasteiger partial charge in [0.25, 0.3) is 0 Å². The zero-order valence-corrected chi connectivity index (χ0v) is 34.4. The van der Waals surface area contributed by atoms with Crippen molar-refractivity contribution in [2.45, 2.75) is 24.7 Å². The van der Waals surface area contributed by atoms with Crippen molar-refractivity contribution in [2.24, 2.45) is 0 Å². The number of hydrogen-bond donors (Lipinski definition) is 0. The fourth-order valence-electron chi connectivity index (χ4n) is 10.1. The van der Waals surface area contributed by atoms with E-state index < -0.39 is 0 Å². The van der Waals surface area contributed by atoms with E-state index in [1.165, 1.54) is 99.2 Å². The summed E-state index contributed by atoms with van der Waals surface area (Å²) in [5, 5.41) is 6.54. The lowest BCUT2D eigenvalue weighted by molar-refractivity contribution is 0.821. The third kappa shape index (κ3) is 6.26. The average Bonchev–Trinajstić information content (AvgIpc) is 3.87. The van der Waals surface area contributed by atoms with Crippen LogP contribution in [0.5, 0.6) is 0 Å². The quantitative estimate of drug-likeness (QED) is 0.152. The summed E-state index contributed by atoms with van der Waals surface area (Å²) >= 11 is 0. The van der Waals surface area contributed by atoms with Crippen LogP contribution in [-0.4, -0.2) is 9.13 Å². The first-order chi connectivity index (χ1) is 30.7. The lowest BCUT2D eigenvalue weighted by atomic mass is 9.89. The molecule has 294 valence electrons. The molecule has 62 heavy (non-hydrogen) atoms. The molecule has 2 heterocycles. The predicted molar refractivity (Wildman–Crippen MR) is 262 cm³/mol. The second-order valence-electron chi connectivity index (χ2n) is 16.8. The van der Waals surface area contributed by atoms with Crippen molar-refractivity contribution in [1.82, 2.24) is 9.13 Å². The maximum atomic E-state index is 2.54. The highest BCUT2D eigenvalue weighted by atomic mass is 15.0. The van der Waals surface area contributed by atoms with Gasteiger partial charge in [0.1, 0.15) is 0 Å². The minimum atomic E-state index is 0.270. The van der Waals surface area contributed by atoms with Gasteiger partial charge in [-0.15, -0.1) is 0 Å². The first kappa shape index (κ1) is 36.2. The topological polar surface area (TPSA) is 9.86 Å². The molecule has 0 saturated carbocycles. The molecular formula is C60H44N2. The van der Waals surface area contributed by atoms with Gasteiger partial charge in [0.15, 0.2) is 0 Å². The van der Waals surface area contributed by atoms with E-state index in [9.17, 15) is 0 Å². The molecule has 2 heteroatoms. The van der Waals surface area contributed by atoms with E-state index in [1.54, 1.807) is 0 Å². The van der Waals surface area contributed by atoms with Gasteiger partial charge in [-0.3, -0.25) is 0 Å². The van der Waals surface area contributed by atoms with Gasteiger partial charge in [0.05, 0.1) is 16.6 Å². The largest absolute Gasteiger partial charge is 0.313 e. The molecular weight excluding hydrogens is 749 g/mol. The average molecular weight is 793 g/mol. The number of para-hydroxylation sites is 2. The summed E-state index contributed by atoms with van der Waals surface area (Å²) in [7, 11) is 0. The fraction of sp³-hybridized carbons (Fsp3) is 0.0667. The molecule has 2 aliphatic rings. The van der Waals surface area contributed by atoms with Crippen LogP contribution in [0.3, 0.4) is 0 Å². The van der Waals surface area contributed by atoms with Crippen molar-refractivity contribution in [3.63, 3.8) is 0 Å². The highest BCUT2D eigenvalue weighted by molar-refractivity contribution is 6.09. The number of fused-ring (bicyclic) bond motifs is 6. The minimum Gasteiger partial charge on any atom is -0.313 e. The normalized spacial score (nSPS) is 15.9. The standard InChI is InChI=1S/C60H44N2/c1-3-13-41(14-4-1)43-25-29-45(30-26-43)47-17-11-19-51(37-47)61-57-23-9-7-21-53(57)55-39-49(33-35-59(55)61)50-34-36-60-56(40-50)54-22-8-10-24-58(54)62(60)52-20-12-18-48(38-52)46-31-27-44(28-32-46)42-15-5-2-6-16-42/h1-33,35-37,39-40,48,50H,34,38H2. The molecule has 0 spiro atoms. The van der Waals surface area contributed by atoms with Crippen LogP contribution in [0.15, 0.2) is 218 Å². The third-order valence-corrected chi connectivity index (χ3v) is 13.2. The van der Waals surface area contributed by atoms with Gasteiger partial charge in [0.2, 0.25) is 0 Å². The van der Waals surface area contributed by atoms with E-state index in [2.05, 4.69) is 240 Å². The third-order valence-electron chi connectivity index (χ3n) is 13.2. The molecule has 0 bridgehead atoms. The molecule has 0 fully saturated rings. The zero-order valence-electron chi connectivity index (χ0n) is 34.4. The molecule has 0 amide bonds. The van der Waals surface area contributed by atoms with E-state index >= 15 is 0 Å². The Bertz CT molecular complexity index is 3490. The van der Waals surface area contributed by atoms with Crippen molar-refractivity contribution in [2.75, 3.05) is 0 Å².